The molecule has 0 amide bonds. The summed E-state index contributed by atoms with van der Waals surface area (Å²) in [6.45, 7) is 8.53. The molecule has 16 heavy (non-hydrogen) atoms. The van der Waals surface area contributed by atoms with Gasteiger partial charge in [0.15, 0.2) is 0 Å². The van der Waals surface area contributed by atoms with Gasteiger partial charge in [0.25, 0.3) is 0 Å². The summed E-state index contributed by atoms with van der Waals surface area (Å²) in [5, 5.41) is 3.13. The molecule has 1 rings (SSSR count). The number of hydrogen-bond acceptors (Lipinski definition) is 4. The highest BCUT2D eigenvalue weighted by molar-refractivity contribution is 5.58. The van der Waals surface area contributed by atoms with Crippen LogP contribution in [0.25, 0.3) is 0 Å². The highest BCUT2D eigenvalue weighted by Crippen LogP contribution is 2.23. The molecule has 0 spiro atoms. The minimum Gasteiger partial charge on any atom is -0.373 e. The Labute approximate surface area is 98.1 Å². The molecule has 0 aliphatic heterocycles. The summed E-state index contributed by atoms with van der Waals surface area (Å²) in [6.07, 6.45) is 3.72. The smallest absolute Gasteiger partial charge is 0.137 e. The molecule has 0 aromatic carbocycles. The highest BCUT2D eigenvalue weighted by Gasteiger charge is 2.13. The standard InChI is InChI=1S/C12H22N4/c1-5-8-16(7-3)12-10(6-2)11(13-4)14-9-15-12/h9H,5-8H2,1-4H3,(H,13,14,15). The lowest BCUT2D eigenvalue weighted by Gasteiger charge is -2.24. The first-order valence-corrected chi connectivity index (χ1v) is 6.04. The SMILES string of the molecule is CCCN(CC)c1ncnc(NC)c1CC. The minimum atomic E-state index is 0.946. The average Bonchev–Trinajstić information content (AvgIpc) is 2.34. The Morgan fingerprint density at radius 3 is 2.50 bits per heavy atom. The van der Waals surface area contributed by atoms with Gasteiger partial charge in [-0.3, -0.25) is 0 Å². The van der Waals surface area contributed by atoms with Crippen molar-refractivity contribution in [1.82, 2.24) is 9.97 Å². The molecule has 0 unspecified atom stereocenters. The topological polar surface area (TPSA) is 41.1 Å². The van der Waals surface area contributed by atoms with Gasteiger partial charge in [0, 0.05) is 25.7 Å². The van der Waals surface area contributed by atoms with Crippen LogP contribution < -0.4 is 10.2 Å². The van der Waals surface area contributed by atoms with Crippen LogP contribution in [0.2, 0.25) is 0 Å². The zero-order valence-electron chi connectivity index (χ0n) is 10.7. The zero-order valence-corrected chi connectivity index (χ0v) is 10.7. The third kappa shape index (κ3) is 2.62. The van der Waals surface area contributed by atoms with Crippen molar-refractivity contribution < 1.29 is 0 Å². The van der Waals surface area contributed by atoms with Crippen LogP contribution in [0.15, 0.2) is 6.33 Å². The van der Waals surface area contributed by atoms with Gasteiger partial charge in [0.1, 0.15) is 18.0 Å². The summed E-state index contributed by atoms with van der Waals surface area (Å²) in [5.74, 6) is 2.02. The van der Waals surface area contributed by atoms with Crippen molar-refractivity contribution >= 4 is 11.6 Å². The molecule has 1 aromatic rings. The van der Waals surface area contributed by atoms with Crippen LogP contribution in [-0.4, -0.2) is 30.1 Å². The van der Waals surface area contributed by atoms with Crippen molar-refractivity contribution in [3.05, 3.63) is 11.9 Å². The third-order valence-electron chi connectivity index (χ3n) is 2.69. The van der Waals surface area contributed by atoms with E-state index in [1.165, 1.54) is 5.56 Å². The normalized spacial score (nSPS) is 10.2. The maximum absolute atomic E-state index is 4.42. The Morgan fingerprint density at radius 1 is 1.25 bits per heavy atom. The van der Waals surface area contributed by atoms with E-state index in [9.17, 15) is 0 Å². The van der Waals surface area contributed by atoms with Crippen LogP contribution in [-0.2, 0) is 6.42 Å². The summed E-state index contributed by atoms with van der Waals surface area (Å²) in [4.78, 5) is 11.0. The molecule has 1 heterocycles. The zero-order chi connectivity index (χ0) is 12.0. The molecule has 0 saturated carbocycles. The Balaban J connectivity index is 3.09. The van der Waals surface area contributed by atoms with Crippen LogP contribution in [0.1, 0.15) is 32.8 Å². The molecule has 0 aliphatic rings. The number of rotatable bonds is 6. The second-order valence-electron chi connectivity index (χ2n) is 3.71. The summed E-state index contributed by atoms with van der Waals surface area (Å²) in [5.41, 5.74) is 1.21. The molecule has 90 valence electrons. The van der Waals surface area contributed by atoms with E-state index in [-0.39, 0.29) is 0 Å². The molecule has 0 fully saturated rings. The molecule has 0 bridgehead atoms. The van der Waals surface area contributed by atoms with Crippen LogP contribution >= 0.6 is 0 Å². The minimum absolute atomic E-state index is 0.946. The maximum atomic E-state index is 4.42. The molecular formula is C12H22N4. The molecule has 0 saturated heterocycles. The molecule has 0 radical (unpaired) electrons. The van der Waals surface area contributed by atoms with Gasteiger partial charge < -0.3 is 10.2 Å². The lowest BCUT2D eigenvalue weighted by molar-refractivity contribution is 0.768. The molecule has 4 heteroatoms. The monoisotopic (exact) mass is 222 g/mol. The predicted molar refractivity (Wildman–Crippen MR) is 69.1 cm³/mol. The van der Waals surface area contributed by atoms with Gasteiger partial charge in [-0.25, -0.2) is 9.97 Å². The van der Waals surface area contributed by atoms with E-state index >= 15 is 0 Å². The van der Waals surface area contributed by atoms with Gasteiger partial charge in [0.05, 0.1) is 0 Å². The lowest BCUT2D eigenvalue weighted by Crippen LogP contribution is -2.26. The molecular weight excluding hydrogens is 200 g/mol. The number of nitrogens with one attached hydrogen (secondary N) is 1. The lowest BCUT2D eigenvalue weighted by atomic mass is 10.2. The highest BCUT2D eigenvalue weighted by atomic mass is 15.2. The maximum Gasteiger partial charge on any atom is 0.137 e. The third-order valence-corrected chi connectivity index (χ3v) is 2.69. The van der Waals surface area contributed by atoms with Crippen LogP contribution in [0.5, 0.6) is 0 Å². The Morgan fingerprint density at radius 2 is 2.00 bits per heavy atom. The van der Waals surface area contributed by atoms with Crippen molar-refractivity contribution in [3.63, 3.8) is 0 Å². The molecule has 1 N–H and O–H groups in total. The molecule has 1 aromatic heterocycles. The molecule has 4 nitrogen and oxygen atoms in total. The van der Waals surface area contributed by atoms with E-state index in [0.29, 0.717) is 0 Å². The first-order chi connectivity index (χ1) is 7.78. The van der Waals surface area contributed by atoms with Crippen molar-refractivity contribution in [3.8, 4) is 0 Å². The Hall–Kier alpha value is -1.32. The van der Waals surface area contributed by atoms with Gasteiger partial charge in [0.2, 0.25) is 0 Å². The van der Waals surface area contributed by atoms with E-state index in [1.54, 1.807) is 6.33 Å². The summed E-state index contributed by atoms with van der Waals surface area (Å²) in [7, 11) is 1.90. The number of aromatic nitrogens is 2. The first kappa shape index (κ1) is 12.7. The van der Waals surface area contributed by atoms with Crippen LogP contribution in [0.4, 0.5) is 11.6 Å². The van der Waals surface area contributed by atoms with Gasteiger partial charge in [-0.2, -0.15) is 0 Å². The molecule has 0 aliphatic carbocycles. The Kier molecular flexibility index (Phi) is 5.02. The number of nitrogens with zero attached hydrogens (tertiary/aromatic N) is 3. The second-order valence-corrected chi connectivity index (χ2v) is 3.71. The molecule has 0 atom stereocenters. The van der Waals surface area contributed by atoms with Crippen molar-refractivity contribution in [2.24, 2.45) is 0 Å². The average molecular weight is 222 g/mol. The fourth-order valence-electron chi connectivity index (χ4n) is 1.90. The van der Waals surface area contributed by atoms with Crippen LogP contribution in [0.3, 0.4) is 0 Å². The summed E-state index contributed by atoms with van der Waals surface area (Å²) in [6, 6.07) is 0. The fraction of sp³-hybridized carbons (Fsp3) is 0.667. The van der Waals surface area contributed by atoms with Gasteiger partial charge >= 0.3 is 0 Å². The largest absolute Gasteiger partial charge is 0.373 e. The second kappa shape index (κ2) is 6.30. The summed E-state index contributed by atoms with van der Waals surface area (Å²) >= 11 is 0. The van der Waals surface area contributed by atoms with Crippen molar-refractivity contribution in [2.45, 2.75) is 33.6 Å². The van der Waals surface area contributed by atoms with E-state index < -0.39 is 0 Å². The van der Waals surface area contributed by atoms with Gasteiger partial charge in [-0.15, -0.1) is 0 Å². The van der Waals surface area contributed by atoms with Crippen molar-refractivity contribution in [2.75, 3.05) is 30.4 Å². The van der Waals surface area contributed by atoms with E-state index in [4.69, 9.17) is 0 Å². The Bertz CT molecular complexity index is 325. The number of anilines is 2. The number of hydrogen-bond donors (Lipinski definition) is 1. The van der Waals surface area contributed by atoms with Crippen LogP contribution in [0, 0.1) is 0 Å². The first-order valence-electron chi connectivity index (χ1n) is 6.04. The van der Waals surface area contributed by atoms with E-state index in [2.05, 4.69) is 41.0 Å². The summed E-state index contributed by atoms with van der Waals surface area (Å²) < 4.78 is 0. The quantitative estimate of drug-likeness (QED) is 0.802. The van der Waals surface area contributed by atoms with E-state index in [1.807, 2.05) is 7.05 Å². The van der Waals surface area contributed by atoms with Crippen molar-refractivity contribution in [1.29, 1.82) is 0 Å². The van der Waals surface area contributed by atoms with E-state index in [0.717, 1.165) is 37.6 Å². The van der Waals surface area contributed by atoms with Gasteiger partial charge in [-0.05, 0) is 19.8 Å². The fourth-order valence-corrected chi connectivity index (χ4v) is 1.90. The van der Waals surface area contributed by atoms with Gasteiger partial charge in [-0.1, -0.05) is 13.8 Å². The predicted octanol–water partition coefficient (Wildman–Crippen LogP) is 2.32.